The Hall–Kier alpha value is -1.89. The van der Waals surface area contributed by atoms with Crippen molar-refractivity contribution in [3.63, 3.8) is 0 Å². The second-order valence-electron chi connectivity index (χ2n) is 4.42. The van der Waals surface area contributed by atoms with E-state index >= 15 is 0 Å². The van der Waals surface area contributed by atoms with Gasteiger partial charge in [0.15, 0.2) is 0 Å². The van der Waals surface area contributed by atoms with Crippen LogP contribution in [0.2, 0.25) is 5.02 Å². The van der Waals surface area contributed by atoms with Crippen molar-refractivity contribution in [3.05, 3.63) is 64.4 Å². The molecule has 0 fully saturated rings. The van der Waals surface area contributed by atoms with E-state index in [1.165, 1.54) is 5.56 Å². The molecule has 0 radical (unpaired) electrons. The maximum absolute atomic E-state index is 9.01. The molecule has 19 heavy (non-hydrogen) atoms. The van der Waals surface area contributed by atoms with E-state index in [0.717, 1.165) is 17.1 Å². The van der Waals surface area contributed by atoms with Crippen LogP contribution in [0.4, 0.5) is 0 Å². The van der Waals surface area contributed by atoms with Gasteiger partial charge in [0.25, 0.3) is 0 Å². The molecule has 1 aromatic heterocycles. The molecule has 0 aliphatic carbocycles. The number of pyridine rings is 1. The number of nitrogens with zero attached hydrogens (tertiary/aromatic N) is 3. The van der Waals surface area contributed by atoms with Crippen LogP contribution in [-0.4, -0.2) is 16.9 Å². The number of halogens is 1. The highest BCUT2D eigenvalue weighted by Crippen LogP contribution is 2.13. The third-order valence-electron chi connectivity index (χ3n) is 2.80. The van der Waals surface area contributed by atoms with Crippen LogP contribution >= 0.6 is 11.6 Å². The van der Waals surface area contributed by atoms with Crippen molar-refractivity contribution in [1.82, 2.24) is 9.88 Å². The first kappa shape index (κ1) is 13.5. The second kappa shape index (κ2) is 6.33. The van der Waals surface area contributed by atoms with Crippen LogP contribution in [0.5, 0.6) is 0 Å². The summed E-state index contributed by atoms with van der Waals surface area (Å²) in [7, 11) is 2.02. The van der Waals surface area contributed by atoms with Gasteiger partial charge in [0.1, 0.15) is 11.8 Å². The van der Waals surface area contributed by atoms with Gasteiger partial charge in [0.05, 0.1) is 0 Å². The average molecular weight is 272 g/mol. The molecule has 4 heteroatoms. The van der Waals surface area contributed by atoms with E-state index in [1.807, 2.05) is 43.4 Å². The number of hydrogen-bond acceptors (Lipinski definition) is 3. The molecule has 0 amide bonds. The Balaban J connectivity index is 2.03. The number of rotatable bonds is 4. The molecule has 2 aromatic rings. The first-order valence-corrected chi connectivity index (χ1v) is 6.34. The highest BCUT2D eigenvalue weighted by molar-refractivity contribution is 6.30. The predicted molar refractivity (Wildman–Crippen MR) is 75.6 cm³/mol. The smallest absolute Gasteiger partial charge is 0.144 e. The van der Waals surface area contributed by atoms with E-state index in [-0.39, 0.29) is 0 Å². The van der Waals surface area contributed by atoms with Crippen LogP contribution in [0, 0.1) is 11.3 Å². The molecular weight excluding hydrogens is 258 g/mol. The van der Waals surface area contributed by atoms with E-state index < -0.39 is 0 Å². The molecule has 2 rings (SSSR count). The zero-order chi connectivity index (χ0) is 13.7. The Bertz CT molecular complexity index is 587. The van der Waals surface area contributed by atoms with Gasteiger partial charge in [-0.2, -0.15) is 5.26 Å². The molecule has 3 nitrogen and oxygen atoms in total. The SMILES string of the molecule is CN(Cc1ccc(Cl)cc1)Cc1cccnc1C#N. The van der Waals surface area contributed by atoms with Crippen molar-refractivity contribution in [2.75, 3.05) is 7.05 Å². The number of hydrogen-bond donors (Lipinski definition) is 0. The van der Waals surface area contributed by atoms with Gasteiger partial charge in [0, 0.05) is 29.9 Å². The highest BCUT2D eigenvalue weighted by Gasteiger charge is 2.06. The minimum Gasteiger partial charge on any atom is -0.298 e. The molecule has 0 aliphatic rings. The number of benzene rings is 1. The zero-order valence-corrected chi connectivity index (χ0v) is 11.4. The van der Waals surface area contributed by atoms with Gasteiger partial charge in [-0.1, -0.05) is 29.8 Å². The van der Waals surface area contributed by atoms with Crippen LogP contribution in [0.3, 0.4) is 0 Å². The minimum absolute atomic E-state index is 0.491. The van der Waals surface area contributed by atoms with Crippen molar-refractivity contribution < 1.29 is 0 Å². The fourth-order valence-electron chi connectivity index (χ4n) is 1.92. The van der Waals surface area contributed by atoms with Crippen LogP contribution in [0.25, 0.3) is 0 Å². The second-order valence-corrected chi connectivity index (χ2v) is 4.86. The molecule has 0 unspecified atom stereocenters. The van der Waals surface area contributed by atoms with Crippen molar-refractivity contribution in [2.24, 2.45) is 0 Å². The quantitative estimate of drug-likeness (QED) is 0.857. The first-order valence-electron chi connectivity index (χ1n) is 5.96. The molecule has 0 N–H and O–H groups in total. The molecule has 0 bridgehead atoms. The molecule has 0 spiro atoms. The van der Waals surface area contributed by atoms with E-state index in [4.69, 9.17) is 16.9 Å². The van der Waals surface area contributed by atoms with Crippen molar-refractivity contribution in [3.8, 4) is 6.07 Å². The summed E-state index contributed by atoms with van der Waals surface area (Å²) in [5.41, 5.74) is 2.63. The van der Waals surface area contributed by atoms with Crippen LogP contribution in [-0.2, 0) is 13.1 Å². The molecule has 1 aromatic carbocycles. The summed E-state index contributed by atoms with van der Waals surface area (Å²) in [5, 5.41) is 9.75. The third kappa shape index (κ3) is 3.78. The average Bonchev–Trinajstić information content (AvgIpc) is 2.42. The fourth-order valence-corrected chi connectivity index (χ4v) is 2.04. The lowest BCUT2D eigenvalue weighted by Crippen LogP contribution is -2.18. The Morgan fingerprint density at radius 3 is 2.63 bits per heavy atom. The maximum atomic E-state index is 9.01. The van der Waals surface area contributed by atoms with Gasteiger partial charge in [-0.3, -0.25) is 4.90 Å². The molecule has 96 valence electrons. The number of aromatic nitrogens is 1. The standard InChI is InChI=1S/C15H14ClN3/c1-19(10-12-4-6-14(16)7-5-12)11-13-3-2-8-18-15(13)9-17/h2-8H,10-11H2,1H3. The van der Waals surface area contributed by atoms with Crippen molar-refractivity contribution in [2.45, 2.75) is 13.1 Å². The lowest BCUT2D eigenvalue weighted by molar-refractivity contribution is 0.318. The van der Waals surface area contributed by atoms with E-state index in [1.54, 1.807) is 6.20 Å². The molecule has 0 saturated carbocycles. The van der Waals surface area contributed by atoms with Crippen LogP contribution < -0.4 is 0 Å². The summed E-state index contributed by atoms with van der Waals surface area (Å²) in [4.78, 5) is 6.20. The molecule has 0 atom stereocenters. The lowest BCUT2D eigenvalue weighted by atomic mass is 10.1. The fraction of sp³-hybridized carbons (Fsp3) is 0.200. The zero-order valence-electron chi connectivity index (χ0n) is 10.7. The van der Waals surface area contributed by atoms with Gasteiger partial charge >= 0.3 is 0 Å². The van der Waals surface area contributed by atoms with Crippen molar-refractivity contribution >= 4 is 11.6 Å². The third-order valence-corrected chi connectivity index (χ3v) is 3.06. The lowest BCUT2D eigenvalue weighted by Gasteiger charge is -2.17. The van der Waals surface area contributed by atoms with Gasteiger partial charge < -0.3 is 0 Å². The molecule has 1 heterocycles. The van der Waals surface area contributed by atoms with Gasteiger partial charge in [-0.15, -0.1) is 0 Å². The number of nitriles is 1. The summed E-state index contributed by atoms with van der Waals surface area (Å²) in [5.74, 6) is 0. The van der Waals surface area contributed by atoms with Gasteiger partial charge in [-0.05, 0) is 30.8 Å². The predicted octanol–water partition coefficient (Wildman–Crippen LogP) is 3.24. The van der Waals surface area contributed by atoms with Crippen molar-refractivity contribution in [1.29, 1.82) is 5.26 Å². The Labute approximate surface area is 118 Å². The maximum Gasteiger partial charge on any atom is 0.144 e. The topological polar surface area (TPSA) is 39.9 Å². The van der Waals surface area contributed by atoms with Crippen LogP contribution in [0.15, 0.2) is 42.6 Å². The minimum atomic E-state index is 0.491. The van der Waals surface area contributed by atoms with Gasteiger partial charge in [-0.25, -0.2) is 4.98 Å². The normalized spacial score (nSPS) is 10.4. The van der Waals surface area contributed by atoms with E-state index in [0.29, 0.717) is 12.2 Å². The summed E-state index contributed by atoms with van der Waals surface area (Å²) < 4.78 is 0. The monoisotopic (exact) mass is 271 g/mol. The molecule has 0 aliphatic heterocycles. The Morgan fingerprint density at radius 1 is 1.21 bits per heavy atom. The summed E-state index contributed by atoms with van der Waals surface area (Å²) in [6.07, 6.45) is 1.64. The first-order chi connectivity index (χ1) is 9.19. The summed E-state index contributed by atoms with van der Waals surface area (Å²) in [6, 6.07) is 13.7. The highest BCUT2D eigenvalue weighted by atomic mass is 35.5. The molecule has 0 saturated heterocycles. The Kier molecular flexibility index (Phi) is 4.51. The van der Waals surface area contributed by atoms with E-state index in [9.17, 15) is 0 Å². The largest absolute Gasteiger partial charge is 0.298 e. The van der Waals surface area contributed by atoms with Crippen LogP contribution in [0.1, 0.15) is 16.8 Å². The molecular formula is C15H14ClN3. The van der Waals surface area contributed by atoms with E-state index in [2.05, 4.69) is 16.0 Å². The van der Waals surface area contributed by atoms with Gasteiger partial charge in [0.2, 0.25) is 0 Å². The summed E-state index contributed by atoms with van der Waals surface area (Å²) >= 11 is 5.86. The summed E-state index contributed by atoms with van der Waals surface area (Å²) in [6.45, 7) is 1.50. The Morgan fingerprint density at radius 2 is 1.95 bits per heavy atom.